The van der Waals surface area contributed by atoms with Crippen LogP contribution in [0.2, 0.25) is 0 Å². The van der Waals surface area contributed by atoms with Crippen LogP contribution in [0.5, 0.6) is 0 Å². The van der Waals surface area contributed by atoms with Crippen molar-refractivity contribution in [3.8, 4) is 0 Å². The summed E-state index contributed by atoms with van der Waals surface area (Å²) >= 11 is 0. The first-order valence-electron chi connectivity index (χ1n) is 11.5. The number of ether oxygens (including phenoxy) is 1. The number of carbonyl (C=O) groups excluding carboxylic acids is 2. The minimum Gasteiger partial charge on any atom is -0.460 e. The molecule has 0 heterocycles. The molecule has 3 aliphatic carbocycles. The van der Waals surface area contributed by atoms with E-state index in [0.717, 1.165) is 25.7 Å². The lowest BCUT2D eigenvalue weighted by atomic mass is 9.64. The van der Waals surface area contributed by atoms with Gasteiger partial charge in [-0.05, 0) is 48.5 Å². The van der Waals surface area contributed by atoms with Crippen LogP contribution in [0.4, 0.5) is 0 Å². The smallest absolute Gasteiger partial charge is 0.332 e. The first-order valence-corrected chi connectivity index (χ1v) is 11.5. The van der Waals surface area contributed by atoms with Crippen LogP contribution in [0.25, 0.3) is 0 Å². The molecule has 1 aromatic carbocycles. The van der Waals surface area contributed by atoms with Crippen LogP contribution >= 0.6 is 0 Å². The molecule has 4 heteroatoms. The van der Waals surface area contributed by atoms with Gasteiger partial charge in [0.1, 0.15) is 11.6 Å². The largest absolute Gasteiger partial charge is 0.460 e. The van der Waals surface area contributed by atoms with Gasteiger partial charge in [-0.2, -0.15) is 0 Å². The molecule has 0 radical (unpaired) electrons. The van der Waals surface area contributed by atoms with Crippen LogP contribution < -0.4 is 5.32 Å². The maximum Gasteiger partial charge on any atom is 0.332 e. The molecule has 1 amide bonds. The summed E-state index contributed by atoms with van der Waals surface area (Å²) in [5.74, 6) is 0.788. The van der Waals surface area contributed by atoms with Gasteiger partial charge in [-0.25, -0.2) is 4.79 Å². The molecule has 0 saturated heterocycles. The van der Waals surface area contributed by atoms with Gasteiger partial charge < -0.3 is 10.1 Å². The Kier molecular flexibility index (Phi) is 5.54. The Morgan fingerprint density at radius 1 is 1.10 bits per heavy atom. The van der Waals surface area contributed by atoms with Gasteiger partial charge >= 0.3 is 5.97 Å². The number of esters is 1. The van der Waals surface area contributed by atoms with Gasteiger partial charge in [-0.1, -0.05) is 69.7 Å². The average Bonchev–Trinajstić information content (AvgIpc) is 3.30. The number of fused-ring (bicyclic) bond motifs is 2. The molecule has 30 heavy (non-hydrogen) atoms. The zero-order chi connectivity index (χ0) is 21.5. The maximum absolute atomic E-state index is 13.6. The molecule has 2 fully saturated rings. The van der Waals surface area contributed by atoms with E-state index >= 15 is 0 Å². The van der Waals surface area contributed by atoms with Gasteiger partial charge in [0.25, 0.3) is 0 Å². The molecule has 0 aromatic heterocycles. The van der Waals surface area contributed by atoms with Gasteiger partial charge in [0, 0.05) is 18.8 Å². The van der Waals surface area contributed by atoms with Crippen molar-refractivity contribution >= 4 is 11.9 Å². The minimum atomic E-state index is -0.895. The van der Waals surface area contributed by atoms with Crippen molar-refractivity contribution in [3.05, 3.63) is 48.0 Å². The highest BCUT2D eigenvalue weighted by Crippen LogP contribution is 2.49. The van der Waals surface area contributed by atoms with E-state index < -0.39 is 5.54 Å². The van der Waals surface area contributed by atoms with E-state index in [2.05, 4.69) is 62.5 Å². The Morgan fingerprint density at radius 2 is 1.83 bits per heavy atom. The van der Waals surface area contributed by atoms with E-state index in [1.807, 2.05) is 6.07 Å². The molecule has 2 saturated carbocycles. The zero-order valence-corrected chi connectivity index (χ0v) is 18.7. The molecule has 1 aromatic rings. The maximum atomic E-state index is 13.6. The molecule has 3 aliphatic rings. The molecule has 0 unspecified atom stereocenters. The molecule has 2 bridgehead atoms. The Morgan fingerprint density at radius 3 is 2.43 bits per heavy atom. The second-order valence-corrected chi connectivity index (χ2v) is 10.4. The van der Waals surface area contributed by atoms with Crippen molar-refractivity contribution in [3.63, 3.8) is 0 Å². The molecule has 4 rings (SSSR count). The number of carbonyl (C=O) groups is 2. The summed E-state index contributed by atoms with van der Waals surface area (Å²) in [6, 6.07) is 10.6. The second kappa shape index (κ2) is 7.86. The van der Waals surface area contributed by atoms with Crippen molar-refractivity contribution < 1.29 is 14.3 Å². The molecular weight excluding hydrogens is 374 g/mol. The van der Waals surface area contributed by atoms with E-state index in [-0.39, 0.29) is 35.2 Å². The van der Waals surface area contributed by atoms with E-state index in [9.17, 15) is 9.59 Å². The van der Waals surface area contributed by atoms with Gasteiger partial charge in [-0.15, -0.1) is 0 Å². The number of allylic oxidation sites excluding steroid dienone is 1. The first-order chi connectivity index (χ1) is 14.2. The number of nitrogens with one attached hydrogen (secondary N) is 1. The monoisotopic (exact) mass is 409 g/mol. The quantitative estimate of drug-likeness (QED) is 0.562. The lowest BCUT2D eigenvalue weighted by Gasteiger charge is -2.45. The highest BCUT2D eigenvalue weighted by atomic mass is 16.5. The van der Waals surface area contributed by atoms with E-state index in [4.69, 9.17) is 4.74 Å². The van der Waals surface area contributed by atoms with Crippen molar-refractivity contribution in [2.45, 2.75) is 76.9 Å². The topological polar surface area (TPSA) is 55.4 Å². The number of hydrogen-bond acceptors (Lipinski definition) is 3. The van der Waals surface area contributed by atoms with Crippen LogP contribution in [0.3, 0.4) is 0 Å². The standard InChI is InChI=1S/C26H35NO3/c1-17-10-13-22(25(3,4)20-8-6-5-7-9-20)23(14-17)30-24(29)26(27-18(2)28)16-19-11-12-21(26)15-19/h5-9,11-12,17,19,21-23H,10,13-16H2,1-4H3,(H,27,28)/t17-,19+,21-,22-,23-,26+/m1/s1. The predicted molar refractivity (Wildman–Crippen MR) is 118 cm³/mol. The number of hydrogen-bond donors (Lipinski definition) is 1. The molecule has 0 aliphatic heterocycles. The van der Waals surface area contributed by atoms with Crippen LogP contribution in [0, 0.1) is 23.7 Å². The van der Waals surface area contributed by atoms with Crippen molar-refractivity contribution in [1.29, 1.82) is 0 Å². The normalized spacial score (nSPS) is 35.3. The van der Waals surface area contributed by atoms with E-state index in [1.165, 1.54) is 12.5 Å². The molecule has 4 nitrogen and oxygen atoms in total. The molecule has 1 N–H and O–H groups in total. The van der Waals surface area contributed by atoms with Gasteiger partial charge in [-0.3, -0.25) is 4.79 Å². The molecule has 162 valence electrons. The summed E-state index contributed by atoms with van der Waals surface area (Å²) < 4.78 is 6.34. The molecular formula is C26H35NO3. The van der Waals surface area contributed by atoms with Crippen molar-refractivity contribution in [1.82, 2.24) is 5.32 Å². The van der Waals surface area contributed by atoms with Gasteiger partial charge in [0.15, 0.2) is 0 Å². The van der Waals surface area contributed by atoms with Crippen LogP contribution in [-0.2, 0) is 19.7 Å². The third-order valence-electron chi connectivity index (χ3n) is 7.91. The Balaban J connectivity index is 1.59. The summed E-state index contributed by atoms with van der Waals surface area (Å²) in [5, 5.41) is 3.01. The number of amides is 1. The first kappa shape index (κ1) is 21.1. The SMILES string of the molecule is CC(=O)N[C@@]1(C(=O)O[C@@H]2C[C@H](C)CC[C@H]2C(C)(C)c2ccccc2)C[C@H]2C=C[C@@H]1C2. The fraction of sp³-hybridized carbons (Fsp3) is 0.615. The number of benzene rings is 1. The fourth-order valence-electron chi connectivity index (χ4n) is 6.21. The summed E-state index contributed by atoms with van der Waals surface area (Å²) in [7, 11) is 0. The lowest BCUT2D eigenvalue weighted by Crippen LogP contribution is -2.59. The highest BCUT2D eigenvalue weighted by molar-refractivity contribution is 5.89. The Labute approximate surface area is 180 Å². The summed E-state index contributed by atoms with van der Waals surface area (Å²) in [6.45, 7) is 8.28. The third-order valence-corrected chi connectivity index (χ3v) is 7.91. The van der Waals surface area contributed by atoms with Crippen molar-refractivity contribution in [2.24, 2.45) is 23.7 Å². The van der Waals surface area contributed by atoms with Gasteiger partial charge in [0.2, 0.25) is 5.91 Å². The van der Waals surface area contributed by atoms with Crippen LogP contribution in [0.15, 0.2) is 42.5 Å². The minimum absolute atomic E-state index is 0.0421. The molecule has 6 atom stereocenters. The van der Waals surface area contributed by atoms with E-state index in [0.29, 0.717) is 18.3 Å². The highest BCUT2D eigenvalue weighted by Gasteiger charge is 2.56. The Hall–Kier alpha value is -2.10. The van der Waals surface area contributed by atoms with E-state index in [1.54, 1.807) is 0 Å². The fourth-order valence-corrected chi connectivity index (χ4v) is 6.21. The summed E-state index contributed by atoms with van der Waals surface area (Å²) in [5.41, 5.74) is 0.292. The number of rotatable bonds is 5. The zero-order valence-electron chi connectivity index (χ0n) is 18.7. The lowest BCUT2D eigenvalue weighted by molar-refractivity contribution is -0.167. The average molecular weight is 410 g/mol. The van der Waals surface area contributed by atoms with Crippen LogP contribution in [-0.4, -0.2) is 23.5 Å². The second-order valence-electron chi connectivity index (χ2n) is 10.4. The summed E-state index contributed by atoms with van der Waals surface area (Å²) in [4.78, 5) is 25.6. The predicted octanol–water partition coefficient (Wildman–Crippen LogP) is 4.78. The van der Waals surface area contributed by atoms with Crippen molar-refractivity contribution in [2.75, 3.05) is 0 Å². The van der Waals surface area contributed by atoms with Crippen LogP contribution in [0.1, 0.15) is 65.4 Å². The summed E-state index contributed by atoms with van der Waals surface area (Å²) in [6.07, 6.45) is 8.80. The van der Waals surface area contributed by atoms with Gasteiger partial charge in [0.05, 0.1) is 0 Å². The molecule has 0 spiro atoms. The third kappa shape index (κ3) is 3.70. The Bertz CT molecular complexity index is 830.